The van der Waals surface area contributed by atoms with E-state index >= 15 is 0 Å². The number of amides is 1. The molecule has 2 rings (SSSR count). The molecule has 24 heavy (non-hydrogen) atoms. The first-order chi connectivity index (χ1) is 11.6. The van der Waals surface area contributed by atoms with Gasteiger partial charge in [0.2, 0.25) is 5.91 Å². The molecule has 2 heterocycles. The zero-order valence-corrected chi connectivity index (χ0v) is 16.2. The van der Waals surface area contributed by atoms with E-state index in [9.17, 15) is 4.79 Å². The summed E-state index contributed by atoms with van der Waals surface area (Å²) >= 11 is 2.03. The average Bonchev–Trinajstić information content (AvgIpc) is 3.24. The molecule has 138 valence electrons. The first-order valence-corrected chi connectivity index (χ1v) is 10.2. The van der Waals surface area contributed by atoms with Crippen LogP contribution >= 0.6 is 11.8 Å². The highest BCUT2D eigenvalue weighted by Crippen LogP contribution is 2.25. The van der Waals surface area contributed by atoms with Crippen LogP contribution in [0.25, 0.3) is 0 Å². The second-order valence-electron chi connectivity index (χ2n) is 6.77. The predicted molar refractivity (Wildman–Crippen MR) is 103 cm³/mol. The van der Waals surface area contributed by atoms with Crippen molar-refractivity contribution in [1.29, 1.82) is 0 Å². The minimum absolute atomic E-state index is 0.0300. The average molecular weight is 356 g/mol. The number of hydrogen-bond acceptors (Lipinski definition) is 4. The maximum atomic E-state index is 11.8. The Morgan fingerprint density at radius 3 is 2.71 bits per heavy atom. The molecule has 2 aliphatic heterocycles. The summed E-state index contributed by atoms with van der Waals surface area (Å²) in [5, 5.41) is 7.57. The third kappa shape index (κ3) is 6.16. The minimum atomic E-state index is 0.0300. The van der Waals surface area contributed by atoms with Crippen molar-refractivity contribution in [2.24, 2.45) is 4.99 Å². The number of guanidine groups is 1. The van der Waals surface area contributed by atoms with Crippen LogP contribution in [-0.4, -0.2) is 85.5 Å². The van der Waals surface area contributed by atoms with Gasteiger partial charge in [0.1, 0.15) is 6.54 Å². The molecule has 0 radical (unpaired) electrons. The molecule has 2 fully saturated rings. The second-order valence-corrected chi connectivity index (χ2v) is 8.18. The molecule has 0 bridgehead atoms. The highest BCUT2D eigenvalue weighted by atomic mass is 32.2. The fourth-order valence-corrected chi connectivity index (χ4v) is 4.44. The van der Waals surface area contributed by atoms with Gasteiger partial charge in [-0.05, 0) is 44.5 Å². The Labute approximate surface area is 150 Å². The third-order valence-electron chi connectivity index (χ3n) is 4.80. The Bertz CT molecular complexity index is 423. The van der Waals surface area contributed by atoms with Crippen molar-refractivity contribution in [2.75, 3.05) is 52.6 Å². The number of carbonyl (C=O) groups excluding carboxylic acids is 1. The van der Waals surface area contributed by atoms with E-state index < -0.39 is 0 Å². The van der Waals surface area contributed by atoms with Gasteiger partial charge in [-0.15, -0.1) is 0 Å². The van der Waals surface area contributed by atoms with Crippen molar-refractivity contribution in [3.63, 3.8) is 0 Å². The molecule has 0 spiro atoms. The summed E-state index contributed by atoms with van der Waals surface area (Å²) in [5.74, 6) is 2.07. The summed E-state index contributed by atoms with van der Waals surface area (Å²) in [6.45, 7) is 6.54. The van der Waals surface area contributed by atoms with E-state index in [1.165, 1.54) is 38.0 Å². The fourth-order valence-electron chi connectivity index (χ4n) is 3.24. The van der Waals surface area contributed by atoms with Crippen LogP contribution in [0.5, 0.6) is 0 Å². The van der Waals surface area contributed by atoms with Gasteiger partial charge in [0.15, 0.2) is 5.96 Å². The third-order valence-corrected chi connectivity index (χ3v) is 6.20. The summed E-state index contributed by atoms with van der Waals surface area (Å²) in [5.41, 5.74) is 0. The number of nitrogens with one attached hydrogen (secondary N) is 2. The quantitative estimate of drug-likeness (QED) is 0.527. The first-order valence-electron chi connectivity index (χ1n) is 9.18. The number of carbonyl (C=O) groups is 1. The molecular weight excluding hydrogens is 322 g/mol. The second kappa shape index (κ2) is 10.1. The molecule has 0 aromatic carbocycles. The normalized spacial score (nSPS) is 25.0. The van der Waals surface area contributed by atoms with Crippen LogP contribution in [0.2, 0.25) is 0 Å². The van der Waals surface area contributed by atoms with Gasteiger partial charge in [0, 0.05) is 38.5 Å². The molecule has 2 saturated heterocycles. The maximum Gasteiger partial charge on any atom is 0.243 e. The van der Waals surface area contributed by atoms with E-state index in [2.05, 4.69) is 27.4 Å². The standard InChI is InChI=1S/C17H33N5OS/c1-4-22-9-5-7-14(22)11-18-17(20-13-16(23)21(2)3)19-12-15-8-6-10-24-15/h14-15H,4-13H2,1-3H3,(H2,18,19,20). The van der Waals surface area contributed by atoms with Crippen LogP contribution in [0.4, 0.5) is 0 Å². The molecule has 0 aromatic heterocycles. The summed E-state index contributed by atoms with van der Waals surface area (Å²) in [7, 11) is 3.54. The summed E-state index contributed by atoms with van der Waals surface area (Å²) < 4.78 is 0. The Hall–Kier alpha value is -0.950. The summed E-state index contributed by atoms with van der Waals surface area (Å²) in [6, 6.07) is 0.576. The van der Waals surface area contributed by atoms with Gasteiger partial charge in [0.25, 0.3) is 0 Å². The van der Waals surface area contributed by atoms with Crippen LogP contribution in [0, 0.1) is 0 Å². The topological polar surface area (TPSA) is 60.0 Å². The molecule has 2 N–H and O–H groups in total. The van der Waals surface area contributed by atoms with Crippen molar-refractivity contribution < 1.29 is 4.79 Å². The Balaban J connectivity index is 1.85. The molecule has 2 aliphatic rings. The van der Waals surface area contributed by atoms with E-state index in [1.54, 1.807) is 19.0 Å². The first kappa shape index (κ1) is 19.4. The lowest BCUT2D eigenvalue weighted by Gasteiger charge is -2.24. The molecule has 7 heteroatoms. The van der Waals surface area contributed by atoms with E-state index in [1.807, 2.05) is 11.8 Å². The molecule has 0 saturated carbocycles. The number of likely N-dealkylation sites (N-methyl/N-ethyl adjacent to an activating group) is 2. The lowest BCUT2D eigenvalue weighted by Crippen LogP contribution is -2.46. The molecular formula is C17H33N5OS. The van der Waals surface area contributed by atoms with E-state index in [-0.39, 0.29) is 12.5 Å². The zero-order valence-electron chi connectivity index (χ0n) is 15.4. The van der Waals surface area contributed by atoms with Gasteiger partial charge in [-0.1, -0.05) is 6.92 Å². The van der Waals surface area contributed by atoms with Crippen LogP contribution in [0.3, 0.4) is 0 Å². The number of aliphatic imine (C=N–C) groups is 1. The Morgan fingerprint density at radius 2 is 2.04 bits per heavy atom. The van der Waals surface area contributed by atoms with Crippen molar-refractivity contribution in [2.45, 2.75) is 43.9 Å². The van der Waals surface area contributed by atoms with Gasteiger partial charge < -0.3 is 15.5 Å². The van der Waals surface area contributed by atoms with Gasteiger partial charge in [-0.2, -0.15) is 11.8 Å². The number of likely N-dealkylation sites (tertiary alicyclic amines) is 1. The number of rotatable bonds is 7. The maximum absolute atomic E-state index is 11.8. The zero-order chi connectivity index (χ0) is 17.4. The van der Waals surface area contributed by atoms with E-state index in [0.717, 1.165) is 25.6 Å². The highest BCUT2D eigenvalue weighted by Gasteiger charge is 2.23. The van der Waals surface area contributed by atoms with Crippen molar-refractivity contribution in [1.82, 2.24) is 20.4 Å². The summed E-state index contributed by atoms with van der Waals surface area (Å²) in [6.07, 6.45) is 5.10. The van der Waals surface area contributed by atoms with Gasteiger partial charge in [0.05, 0.1) is 0 Å². The molecule has 1 amide bonds. The smallest absolute Gasteiger partial charge is 0.243 e. The van der Waals surface area contributed by atoms with Crippen molar-refractivity contribution in [3.05, 3.63) is 0 Å². The number of hydrogen-bond donors (Lipinski definition) is 2. The molecule has 2 atom stereocenters. The lowest BCUT2D eigenvalue weighted by molar-refractivity contribution is -0.127. The number of nitrogens with zero attached hydrogens (tertiary/aromatic N) is 3. The van der Waals surface area contributed by atoms with E-state index in [0.29, 0.717) is 11.3 Å². The summed E-state index contributed by atoms with van der Waals surface area (Å²) in [4.78, 5) is 20.4. The van der Waals surface area contributed by atoms with Crippen molar-refractivity contribution in [3.8, 4) is 0 Å². The van der Waals surface area contributed by atoms with Gasteiger partial charge in [-0.25, -0.2) is 4.99 Å². The largest absolute Gasteiger partial charge is 0.355 e. The highest BCUT2D eigenvalue weighted by molar-refractivity contribution is 8.00. The Kier molecular flexibility index (Phi) is 8.18. The predicted octanol–water partition coefficient (Wildman–Crippen LogP) is 0.990. The molecule has 6 nitrogen and oxygen atoms in total. The Morgan fingerprint density at radius 1 is 1.25 bits per heavy atom. The van der Waals surface area contributed by atoms with Crippen LogP contribution in [0.15, 0.2) is 4.99 Å². The van der Waals surface area contributed by atoms with Gasteiger partial charge >= 0.3 is 0 Å². The SMILES string of the molecule is CCN1CCCC1CNC(=NCC(=O)N(C)C)NCC1CCCS1. The number of thioether (sulfide) groups is 1. The fraction of sp³-hybridized carbons (Fsp3) is 0.882. The van der Waals surface area contributed by atoms with E-state index in [4.69, 9.17) is 0 Å². The van der Waals surface area contributed by atoms with Gasteiger partial charge in [-0.3, -0.25) is 9.69 Å². The van der Waals surface area contributed by atoms with Crippen molar-refractivity contribution >= 4 is 23.6 Å². The monoisotopic (exact) mass is 355 g/mol. The van der Waals surface area contributed by atoms with Crippen LogP contribution in [0.1, 0.15) is 32.6 Å². The molecule has 0 aliphatic carbocycles. The minimum Gasteiger partial charge on any atom is -0.355 e. The molecule has 2 unspecified atom stereocenters. The molecule has 0 aromatic rings. The lowest BCUT2D eigenvalue weighted by atomic mass is 10.2. The van der Waals surface area contributed by atoms with Crippen LogP contribution < -0.4 is 10.6 Å². The van der Waals surface area contributed by atoms with Crippen LogP contribution in [-0.2, 0) is 4.79 Å².